The molecule has 54 heavy (non-hydrogen) atoms. The monoisotopic (exact) mass is 741 g/mol. The number of phenolic OH excluding ortho intramolecular Hbond substituents is 1. The summed E-state index contributed by atoms with van der Waals surface area (Å²) in [6, 6.07) is 28.5. The number of pyridine rings is 1. The van der Waals surface area contributed by atoms with Gasteiger partial charge in [0.25, 0.3) is 0 Å². The summed E-state index contributed by atoms with van der Waals surface area (Å²) in [4.78, 5) is 27.3. The van der Waals surface area contributed by atoms with Crippen molar-refractivity contribution in [2.24, 2.45) is 5.73 Å². The van der Waals surface area contributed by atoms with Crippen LogP contribution in [-0.2, 0) is 24.2 Å². The Labute approximate surface area is 310 Å². The highest BCUT2D eigenvalue weighted by molar-refractivity contribution is 5.92. The van der Waals surface area contributed by atoms with Crippen LogP contribution in [0.25, 0.3) is 33.1 Å². The van der Waals surface area contributed by atoms with Crippen molar-refractivity contribution < 1.29 is 29.2 Å². The molecule has 0 aliphatic heterocycles. The molecule has 7 rings (SSSR count). The number of nitrogens with zero attached hydrogens (tertiary/aromatic N) is 3. The number of aromatic hydroxyl groups is 1. The van der Waals surface area contributed by atoms with E-state index in [2.05, 4.69) is 32.0 Å². The van der Waals surface area contributed by atoms with Crippen molar-refractivity contribution in [1.82, 2.24) is 25.3 Å². The SMILES string of the molecule is F.F.NC1CCC(OC(=O)Nc2cc(CCCn3nnc4cc(CNC[C@@H](O)c5ccc(O)c6[nH]c(=O)ccc56)ccc43)ccc2-c2ccccc2)CC1. The van der Waals surface area contributed by atoms with E-state index in [1.165, 1.54) is 12.1 Å². The Bertz CT molecular complexity index is 2240. The van der Waals surface area contributed by atoms with Gasteiger partial charge in [-0.3, -0.25) is 19.5 Å². The Morgan fingerprint density at radius 1 is 0.963 bits per heavy atom. The summed E-state index contributed by atoms with van der Waals surface area (Å²) >= 11 is 0. The second-order valence-electron chi connectivity index (χ2n) is 13.5. The first-order valence-corrected chi connectivity index (χ1v) is 17.8. The van der Waals surface area contributed by atoms with Gasteiger partial charge in [0.15, 0.2) is 0 Å². The quantitative estimate of drug-likeness (QED) is 0.0849. The number of carbonyl (C=O) groups excluding carboxylic acids is 1. The molecule has 1 aliphatic rings. The first-order chi connectivity index (χ1) is 25.3. The number of hydrogen-bond donors (Lipinski definition) is 6. The van der Waals surface area contributed by atoms with Crippen LogP contribution in [0.1, 0.15) is 54.9 Å². The molecule has 1 amide bonds. The van der Waals surface area contributed by atoms with Crippen LogP contribution in [-0.4, -0.2) is 55.0 Å². The topological polar surface area (TPSA) is 180 Å². The minimum absolute atomic E-state index is 0. The van der Waals surface area contributed by atoms with Gasteiger partial charge in [0.2, 0.25) is 5.56 Å². The zero-order valence-electron chi connectivity index (χ0n) is 29.6. The van der Waals surface area contributed by atoms with Crippen molar-refractivity contribution in [2.45, 2.75) is 69.9 Å². The van der Waals surface area contributed by atoms with Crippen molar-refractivity contribution in [3.05, 3.63) is 118 Å². The molecule has 12 nitrogen and oxygen atoms in total. The van der Waals surface area contributed by atoms with Gasteiger partial charge < -0.3 is 31.0 Å². The molecule has 0 radical (unpaired) electrons. The Kier molecular flexibility index (Phi) is 13.1. The Morgan fingerprint density at radius 3 is 2.54 bits per heavy atom. The number of aromatic nitrogens is 4. The van der Waals surface area contributed by atoms with Crippen LogP contribution in [0.3, 0.4) is 0 Å². The highest BCUT2D eigenvalue weighted by atomic mass is 19.0. The van der Waals surface area contributed by atoms with Gasteiger partial charge in [0.05, 0.1) is 22.8 Å². The average molecular weight is 742 g/mol. The smallest absolute Gasteiger partial charge is 0.411 e. The number of fused-ring (bicyclic) bond motifs is 2. The van der Waals surface area contributed by atoms with E-state index in [1.54, 1.807) is 12.1 Å². The predicted octanol–water partition coefficient (Wildman–Crippen LogP) is 6.22. The number of halogens is 2. The fraction of sp³-hybridized carbons (Fsp3) is 0.300. The molecule has 0 spiro atoms. The number of aliphatic hydroxyl groups is 1. The first-order valence-electron chi connectivity index (χ1n) is 17.8. The van der Waals surface area contributed by atoms with E-state index in [4.69, 9.17) is 10.5 Å². The molecule has 0 bridgehead atoms. The number of hydrogen-bond acceptors (Lipinski definition) is 9. The van der Waals surface area contributed by atoms with Gasteiger partial charge in [0.1, 0.15) is 17.4 Å². The number of nitrogens with one attached hydrogen (secondary N) is 3. The van der Waals surface area contributed by atoms with Crippen LogP contribution in [0.5, 0.6) is 5.75 Å². The maximum atomic E-state index is 13.0. The van der Waals surface area contributed by atoms with E-state index in [1.807, 2.05) is 65.3 Å². The number of amides is 1. The Hall–Kier alpha value is -5.70. The van der Waals surface area contributed by atoms with Gasteiger partial charge in [-0.15, -0.1) is 5.10 Å². The zero-order valence-corrected chi connectivity index (χ0v) is 29.6. The van der Waals surface area contributed by atoms with Crippen LogP contribution in [0.4, 0.5) is 19.9 Å². The minimum atomic E-state index is -0.852. The van der Waals surface area contributed by atoms with Crippen molar-refractivity contribution in [3.63, 3.8) is 0 Å². The molecule has 284 valence electrons. The van der Waals surface area contributed by atoms with E-state index in [0.717, 1.165) is 71.8 Å². The second kappa shape index (κ2) is 17.9. The van der Waals surface area contributed by atoms with Gasteiger partial charge in [-0.25, -0.2) is 9.48 Å². The first kappa shape index (κ1) is 39.5. The summed E-state index contributed by atoms with van der Waals surface area (Å²) in [6.45, 7) is 1.44. The molecule has 14 heteroatoms. The number of aryl methyl sites for hydroxylation is 2. The van der Waals surface area contributed by atoms with Crippen molar-refractivity contribution in [2.75, 3.05) is 11.9 Å². The van der Waals surface area contributed by atoms with Crippen LogP contribution in [0.15, 0.2) is 95.8 Å². The van der Waals surface area contributed by atoms with Gasteiger partial charge in [-0.2, -0.15) is 0 Å². The molecule has 0 saturated heterocycles. The van der Waals surface area contributed by atoms with E-state index >= 15 is 0 Å². The number of phenols is 1. The number of H-pyrrole nitrogens is 1. The molecule has 2 aromatic heterocycles. The third-order valence-corrected chi connectivity index (χ3v) is 9.74. The van der Waals surface area contributed by atoms with Gasteiger partial charge in [0, 0.05) is 42.7 Å². The molecule has 7 N–H and O–H groups in total. The summed E-state index contributed by atoms with van der Waals surface area (Å²) in [6.07, 6.45) is 3.46. The molecule has 1 saturated carbocycles. The molecular formula is C40H45F2N7O5. The van der Waals surface area contributed by atoms with E-state index in [9.17, 15) is 19.8 Å². The largest absolute Gasteiger partial charge is 0.506 e. The molecule has 2 heterocycles. The summed E-state index contributed by atoms with van der Waals surface area (Å²) in [5.74, 6) is -0.0443. The molecule has 1 atom stereocenters. The number of ether oxygens (including phenoxy) is 1. The third-order valence-electron chi connectivity index (χ3n) is 9.74. The lowest BCUT2D eigenvalue weighted by molar-refractivity contribution is 0.0826. The van der Waals surface area contributed by atoms with Gasteiger partial charge in [-0.05, 0) is 91.1 Å². The van der Waals surface area contributed by atoms with E-state index in [-0.39, 0.29) is 39.4 Å². The van der Waals surface area contributed by atoms with Crippen molar-refractivity contribution in [1.29, 1.82) is 0 Å². The number of anilines is 1. The lowest BCUT2D eigenvalue weighted by Crippen LogP contribution is -2.32. The fourth-order valence-corrected chi connectivity index (χ4v) is 6.96. The number of aromatic amines is 1. The summed E-state index contributed by atoms with van der Waals surface area (Å²) in [5.41, 5.74) is 13.1. The zero-order chi connectivity index (χ0) is 36.0. The Balaban J connectivity index is 0.00000280. The van der Waals surface area contributed by atoms with Crippen LogP contribution in [0, 0.1) is 0 Å². The molecule has 6 aromatic rings. The lowest BCUT2D eigenvalue weighted by atomic mass is 9.94. The molecule has 1 fully saturated rings. The molecular weight excluding hydrogens is 696 g/mol. The minimum Gasteiger partial charge on any atom is -0.506 e. The number of nitrogens with two attached hydrogens (primary N) is 1. The lowest BCUT2D eigenvalue weighted by Gasteiger charge is -2.26. The highest BCUT2D eigenvalue weighted by Gasteiger charge is 2.22. The molecule has 0 unspecified atom stereocenters. The predicted molar refractivity (Wildman–Crippen MR) is 206 cm³/mol. The number of benzene rings is 4. The normalized spacial score (nSPS) is 16.0. The van der Waals surface area contributed by atoms with Crippen molar-refractivity contribution >= 4 is 33.7 Å². The molecule has 4 aromatic carbocycles. The number of rotatable bonds is 12. The fourth-order valence-electron chi connectivity index (χ4n) is 6.96. The van der Waals surface area contributed by atoms with Gasteiger partial charge in [-0.1, -0.05) is 59.8 Å². The Morgan fingerprint density at radius 2 is 1.74 bits per heavy atom. The maximum Gasteiger partial charge on any atom is 0.411 e. The second-order valence-corrected chi connectivity index (χ2v) is 13.5. The summed E-state index contributed by atoms with van der Waals surface area (Å²) in [7, 11) is 0. The number of carbonyl (C=O) groups is 1. The van der Waals surface area contributed by atoms with Crippen molar-refractivity contribution in [3.8, 4) is 16.9 Å². The standard InChI is InChI=1S/C40H43N7O5.2FH/c41-28-10-12-29(13-11-28)52-40(51)43-33-21-25(8-14-30(33)27-6-2-1-3-7-27)5-4-20-47-35-17-9-26(22-34(35)45-46-47)23-42-24-37(49)31-15-18-36(48)39-32(31)16-19-38(50)44-39;;/h1-3,6-9,14-19,21-22,28-29,37,42,48-49H,4-5,10-13,20,23-24,41H2,(H,43,51)(H,44,50);2*1H/t28?,29?,37-;;/m1../s1. The van der Waals surface area contributed by atoms with Crippen LogP contribution >= 0.6 is 0 Å². The van der Waals surface area contributed by atoms with Gasteiger partial charge >= 0.3 is 6.09 Å². The highest BCUT2D eigenvalue weighted by Crippen LogP contribution is 2.31. The third kappa shape index (κ3) is 9.26. The summed E-state index contributed by atoms with van der Waals surface area (Å²) < 4.78 is 7.67. The average Bonchev–Trinajstić information content (AvgIpc) is 3.55. The maximum absolute atomic E-state index is 13.0. The number of aliphatic hydroxyl groups excluding tert-OH is 1. The van der Waals surface area contributed by atoms with Crippen LogP contribution in [0.2, 0.25) is 0 Å². The van der Waals surface area contributed by atoms with Crippen LogP contribution < -0.4 is 21.9 Å². The molecule has 1 aliphatic carbocycles. The summed E-state index contributed by atoms with van der Waals surface area (Å²) in [5, 5.41) is 36.8. The van der Waals surface area contributed by atoms with E-state index < -0.39 is 12.2 Å². The van der Waals surface area contributed by atoms with E-state index in [0.29, 0.717) is 35.2 Å².